The van der Waals surface area contributed by atoms with Gasteiger partial charge in [-0.2, -0.15) is 0 Å². The zero-order valence-electron chi connectivity index (χ0n) is 6.07. The highest BCUT2D eigenvalue weighted by molar-refractivity contribution is 7.97. The topological polar surface area (TPSA) is 6.48 Å². The molecule has 2 nitrogen and oxygen atoms in total. The molecule has 0 atom stereocenters. The molecule has 0 radical (unpaired) electrons. The molecule has 4 heteroatoms. The quantitative estimate of drug-likeness (QED) is 0.591. The lowest BCUT2D eigenvalue weighted by Gasteiger charge is -2.18. The number of nitrogens with zero attached hydrogens (tertiary/aromatic N) is 2. The summed E-state index contributed by atoms with van der Waals surface area (Å²) in [5, 5.41) is 0. The van der Waals surface area contributed by atoms with Gasteiger partial charge in [-0.15, -0.1) is 0 Å². The zero-order chi connectivity index (χ0) is 7.56. The van der Waals surface area contributed by atoms with Crippen molar-refractivity contribution in [1.82, 2.24) is 8.61 Å². The molecular formula is C6H10N2S2. The summed E-state index contributed by atoms with van der Waals surface area (Å²) >= 11 is 3.30. The lowest BCUT2D eigenvalue weighted by atomic mass is 10.8. The molecule has 0 amide bonds. The summed E-state index contributed by atoms with van der Waals surface area (Å²) < 4.78 is 4.05. The van der Waals surface area contributed by atoms with Gasteiger partial charge in [-0.25, -0.2) is 0 Å². The second kappa shape index (κ2) is 3.25. The van der Waals surface area contributed by atoms with Crippen LogP contribution in [0.25, 0.3) is 0 Å². The molecule has 0 saturated carbocycles. The Morgan fingerprint density at radius 1 is 1.20 bits per heavy atom. The van der Waals surface area contributed by atoms with Gasteiger partial charge < -0.3 is 0 Å². The highest BCUT2D eigenvalue weighted by atomic mass is 32.2. The average molecular weight is 174 g/mol. The molecule has 0 spiro atoms. The Kier molecular flexibility index (Phi) is 2.56. The maximum atomic E-state index is 3.91. The van der Waals surface area contributed by atoms with E-state index in [1.165, 1.54) is 0 Å². The van der Waals surface area contributed by atoms with Crippen molar-refractivity contribution in [2.24, 2.45) is 0 Å². The molecule has 1 aliphatic heterocycles. The van der Waals surface area contributed by atoms with Crippen molar-refractivity contribution in [2.75, 3.05) is 12.5 Å². The van der Waals surface area contributed by atoms with E-state index in [9.17, 15) is 0 Å². The molecule has 0 aromatic heterocycles. The van der Waals surface area contributed by atoms with E-state index in [-0.39, 0.29) is 0 Å². The maximum Gasteiger partial charge on any atom is 0.125 e. The first-order valence-electron chi connectivity index (χ1n) is 2.83. The van der Waals surface area contributed by atoms with Gasteiger partial charge in [0.25, 0.3) is 0 Å². The highest BCUT2D eigenvalue weighted by Gasteiger charge is 2.15. The standard InChI is InChI=1S/C6H10N2S2/c1-6-7(9-2)4-5-8(6)10-3/h4-5H,1H2,2-3H3. The van der Waals surface area contributed by atoms with Crippen molar-refractivity contribution in [2.45, 2.75) is 0 Å². The van der Waals surface area contributed by atoms with E-state index in [0.717, 1.165) is 5.82 Å². The fourth-order valence-corrected chi connectivity index (χ4v) is 1.72. The first-order valence-corrected chi connectivity index (χ1v) is 5.20. The predicted molar refractivity (Wildman–Crippen MR) is 49.0 cm³/mol. The molecule has 0 saturated heterocycles. The second-order valence-corrected chi connectivity index (χ2v) is 3.25. The van der Waals surface area contributed by atoms with Gasteiger partial charge in [0.05, 0.1) is 0 Å². The summed E-state index contributed by atoms with van der Waals surface area (Å²) in [7, 11) is 0. The monoisotopic (exact) mass is 174 g/mol. The van der Waals surface area contributed by atoms with E-state index < -0.39 is 0 Å². The van der Waals surface area contributed by atoms with Crippen LogP contribution < -0.4 is 0 Å². The van der Waals surface area contributed by atoms with Crippen LogP contribution in [0.5, 0.6) is 0 Å². The van der Waals surface area contributed by atoms with Crippen LogP contribution in [0.15, 0.2) is 24.8 Å². The molecule has 0 aromatic rings. The Labute approximate surface area is 70.2 Å². The van der Waals surface area contributed by atoms with Gasteiger partial charge in [0.1, 0.15) is 5.82 Å². The maximum absolute atomic E-state index is 3.91. The summed E-state index contributed by atoms with van der Waals surface area (Å²) in [6, 6.07) is 0. The van der Waals surface area contributed by atoms with E-state index in [0.29, 0.717) is 0 Å². The van der Waals surface area contributed by atoms with Gasteiger partial charge in [0, 0.05) is 24.9 Å². The highest BCUT2D eigenvalue weighted by Crippen LogP contribution is 2.28. The van der Waals surface area contributed by atoms with Crippen LogP contribution >= 0.6 is 23.9 Å². The third-order valence-corrected chi connectivity index (χ3v) is 2.69. The molecule has 1 heterocycles. The zero-order valence-corrected chi connectivity index (χ0v) is 7.71. The van der Waals surface area contributed by atoms with Crippen molar-refractivity contribution in [3.63, 3.8) is 0 Å². The van der Waals surface area contributed by atoms with Crippen LogP contribution in [-0.2, 0) is 0 Å². The minimum atomic E-state index is 1.01. The predicted octanol–water partition coefficient (Wildman–Crippen LogP) is 2.10. The van der Waals surface area contributed by atoms with Crippen LogP contribution in [-0.4, -0.2) is 21.1 Å². The minimum Gasteiger partial charge on any atom is -0.275 e. The smallest absolute Gasteiger partial charge is 0.125 e. The molecule has 0 N–H and O–H groups in total. The van der Waals surface area contributed by atoms with Crippen molar-refractivity contribution in [3.8, 4) is 0 Å². The van der Waals surface area contributed by atoms with Crippen LogP contribution in [0, 0.1) is 0 Å². The van der Waals surface area contributed by atoms with E-state index in [2.05, 4.69) is 6.58 Å². The molecule has 0 fully saturated rings. The van der Waals surface area contributed by atoms with Crippen LogP contribution in [0.4, 0.5) is 0 Å². The van der Waals surface area contributed by atoms with Crippen molar-refractivity contribution < 1.29 is 0 Å². The largest absolute Gasteiger partial charge is 0.275 e. The molecule has 1 aliphatic rings. The Bertz CT molecular complexity index is 151. The molecule has 0 aromatic carbocycles. The fourth-order valence-electron chi connectivity index (χ4n) is 0.723. The SMILES string of the molecule is C=C1N(SC)C=CN1SC. The number of rotatable bonds is 2. The molecule has 0 unspecified atom stereocenters. The van der Waals surface area contributed by atoms with Gasteiger partial charge in [-0.1, -0.05) is 6.58 Å². The van der Waals surface area contributed by atoms with Gasteiger partial charge in [0.15, 0.2) is 0 Å². The molecule has 0 bridgehead atoms. The molecule has 0 aliphatic carbocycles. The third kappa shape index (κ3) is 1.27. The van der Waals surface area contributed by atoms with Gasteiger partial charge in [0.2, 0.25) is 0 Å². The normalized spacial score (nSPS) is 17.2. The first-order chi connectivity index (χ1) is 4.79. The lowest BCUT2D eigenvalue weighted by Crippen LogP contribution is -2.09. The molecule has 56 valence electrons. The summed E-state index contributed by atoms with van der Waals surface area (Å²) in [6.07, 6.45) is 8.06. The lowest BCUT2D eigenvalue weighted by molar-refractivity contribution is 0.658. The van der Waals surface area contributed by atoms with Crippen LogP contribution in [0.3, 0.4) is 0 Å². The van der Waals surface area contributed by atoms with Gasteiger partial charge >= 0.3 is 0 Å². The minimum absolute atomic E-state index is 1.01. The Morgan fingerprint density at radius 3 is 1.80 bits per heavy atom. The number of hydrogen-bond donors (Lipinski definition) is 0. The summed E-state index contributed by atoms with van der Waals surface area (Å²) in [5.41, 5.74) is 0. The second-order valence-electron chi connectivity index (χ2n) is 1.73. The van der Waals surface area contributed by atoms with E-state index in [4.69, 9.17) is 0 Å². The summed E-state index contributed by atoms with van der Waals surface area (Å²) in [6.45, 7) is 3.91. The van der Waals surface area contributed by atoms with Crippen molar-refractivity contribution in [3.05, 3.63) is 24.8 Å². The Morgan fingerprint density at radius 2 is 1.60 bits per heavy atom. The average Bonchev–Trinajstić information content (AvgIpc) is 2.30. The van der Waals surface area contributed by atoms with Crippen molar-refractivity contribution in [1.29, 1.82) is 0 Å². The van der Waals surface area contributed by atoms with E-state index >= 15 is 0 Å². The van der Waals surface area contributed by atoms with E-state index in [1.54, 1.807) is 23.9 Å². The van der Waals surface area contributed by atoms with Crippen molar-refractivity contribution >= 4 is 23.9 Å². The van der Waals surface area contributed by atoms with E-state index in [1.807, 2.05) is 33.5 Å². The molecular weight excluding hydrogens is 164 g/mol. The number of hydrogen-bond acceptors (Lipinski definition) is 4. The molecule has 1 rings (SSSR count). The Balaban J connectivity index is 2.58. The Hall–Kier alpha value is -0.220. The summed E-state index contributed by atoms with van der Waals surface area (Å²) in [5.74, 6) is 1.01. The van der Waals surface area contributed by atoms with Crippen LogP contribution in [0.2, 0.25) is 0 Å². The van der Waals surface area contributed by atoms with Crippen LogP contribution in [0.1, 0.15) is 0 Å². The first kappa shape index (κ1) is 7.88. The molecule has 10 heavy (non-hydrogen) atoms. The fraction of sp³-hybridized carbons (Fsp3) is 0.333. The third-order valence-electron chi connectivity index (χ3n) is 1.24. The van der Waals surface area contributed by atoms with Gasteiger partial charge in [-0.05, 0) is 23.9 Å². The summed E-state index contributed by atoms with van der Waals surface area (Å²) in [4.78, 5) is 0. The van der Waals surface area contributed by atoms with Gasteiger partial charge in [-0.3, -0.25) is 8.61 Å².